The van der Waals surface area contributed by atoms with Crippen LogP contribution in [-0.4, -0.2) is 22.3 Å². The van der Waals surface area contributed by atoms with Gasteiger partial charge in [-0.1, -0.05) is 36.4 Å². The molecule has 0 fully saturated rings. The van der Waals surface area contributed by atoms with Gasteiger partial charge in [0.25, 0.3) is 0 Å². The average Bonchev–Trinajstić information content (AvgIpc) is 3.23. The Hall–Kier alpha value is -2.56. The van der Waals surface area contributed by atoms with Crippen LogP contribution in [0.3, 0.4) is 0 Å². The first-order valence-electron chi connectivity index (χ1n) is 8.31. The number of aromatic nitrogens is 1. The Morgan fingerprint density at radius 1 is 0.917 bits per heavy atom. The van der Waals surface area contributed by atoms with Gasteiger partial charge in [-0.3, -0.25) is 0 Å². The van der Waals surface area contributed by atoms with E-state index in [9.17, 15) is 5.11 Å². The number of fused-ring (bicyclic) bond motifs is 3. The lowest BCUT2D eigenvalue weighted by atomic mass is 10.2. The Labute approximate surface area is 140 Å². The molecule has 0 aliphatic carbocycles. The first kappa shape index (κ1) is 15.0. The molecule has 0 aliphatic rings. The molecule has 0 amide bonds. The Kier molecular flexibility index (Phi) is 4.07. The number of aliphatic hydroxyl groups excluding tert-OH is 1. The van der Waals surface area contributed by atoms with E-state index in [1.165, 1.54) is 21.8 Å². The zero-order chi connectivity index (χ0) is 16.4. The van der Waals surface area contributed by atoms with E-state index in [4.69, 9.17) is 4.42 Å². The summed E-state index contributed by atoms with van der Waals surface area (Å²) in [6.07, 6.45) is 1.26. The summed E-state index contributed by atoms with van der Waals surface area (Å²) in [4.78, 5) is 0. The van der Waals surface area contributed by atoms with Crippen LogP contribution in [-0.2, 0) is 13.1 Å². The Bertz CT molecular complexity index is 888. The largest absolute Gasteiger partial charge is 0.463 e. The molecule has 3 N–H and O–H groups in total. The molecule has 0 spiro atoms. The molecule has 0 unspecified atom stereocenters. The van der Waals surface area contributed by atoms with E-state index in [0.717, 1.165) is 12.3 Å². The van der Waals surface area contributed by atoms with Gasteiger partial charge in [0.1, 0.15) is 19.2 Å². The van der Waals surface area contributed by atoms with Gasteiger partial charge < -0.3 is 19.4 Å². The summed E-state index contributed by atoms with van der Waals surface area (Å²) < 4.78 is 7.54. The van der Waals surface area contributed by atoms with Gasteiger partial charge in [0.05, 0.1) is 12.8 Å². The van der Waals surface area contributed by atoms with Crippen LogP contribution >= 0.6 is 0 Å². The summed E-state index contributed by atoms with van der Waals surface area (Å²) in [6.45, 7) is 1.97. The van der Waals surface area contributed by atoms with Crippen molar-refractivity contribution in [3.05, 3.63) is 72.7 Å². The number of aliphatic hydroxyl groups is 1. The van der Waals surface area contributed by atoms with Crippen LogP contribution in [0.4, 0.5) is 0 Å². The van der Waals surface area contributed by atoms with E-state index in [1.807, 2.05) is 24.3 Å². The second-order valence-corrected chi connectivity index (χ2v) is 6.11. The lowest BCUT2D eigenvalue weighted by Gasteiger charge is -2.12. The van der Waals surface area contributed by atoms with Crippen molar-refractivity contribution in [3.8, 4) is 0 Å². The van der Waals surface area contributed by atoms with E-state index >= 15 is 0 Å². The normalized spacial score (nSPS) is 12.9. The summed E-state index contributed by atoms with van der Waals surface area (Å²) in [7, 11) is 0. The van der Waals surface area contributed by atoms with Crippen molar-refractivity contribution < 1.29 is 14.8 Å². The number of furan rings is 1. The molecule has 4 rings (SSSR count). The SMILES string of the molecule is O[C@H](C[NH2+]Cc1ccco1)Cn1c2ccccc2c2ccccc21. The minimum absolute atomic E-state index is 0.417. The van der Waals surface area contributed by atoms with Gasteiger partial charge in [-0.15, -0.1) is 0 Å². The number of benzene rings is 2. The van der Waals surface area contributed by atoms with Crippen LogP contribution in [0, 0.1) is 0 Å². The summed E-state index contributed by atoms with van der Waals surface area (Å²) in [5, 5.41) is 15.0. The number of hydrogen-bond acceptors (Lipinski definition) is 2. The van der Waals surface area contributed by atoms with Gasteiger partial charge in [-0.25, -0.2) is 0 Å². The molecular weight excluding hydrogens is 300 g/mol. The molecule has 0 saturated carbocycles. The first-order chi connectivity index (χ1) is 11.8. The maximum Gasteiger partial charge on any atom is 0.157 e. The number of para-hydroxylation sites is 2. The Morgan fingerprint density at radius 2 is 1.58 bits per heavy atom. The number of rotatable bonds is 6. The zero-order valence-electron chi connectivity index (χ0n) is 13.4. The quantitative estimate of drug-likeness (QED) is 0.573. The van der Waals surface area contributed by atoms with Crippen molar-refractivity contribution >= 4 is 21.8 Å². The highest BCUT2D eigenvalue weighted by atomic mass is 16.3. The monoisotopic (exact) mass is 321 g/mol. The molecular formula is C20H21N2O2+. The van der Waals surface area contributed by atoms with Gasteiger partial charge >= 0.3 is 0 Å². The highest BCUT2D eigenvalue weighted by Crippen LogP contribution is 2.28. The zero-order valence-corrected chi connectivity index (χ0v) is 13.4. The molecule has 24 heavy (non-hydrogen) atoms. The van der Waals surface area contributed by atoms with Crippen molar-refractivity contribution in [1.29, 1.82) is 0 Å². The lowest BCUT2D eigenvalue weighted by molar-refractivity contribution is -0.678. The van der Waals surface area contributed by atoms with Crippen LogP contribution < -0.4 is 5.32 Å². The van der Waals surface area contributed by atoms with E-state index < -0.39 is 6.10 Å². The lowest BCUT2D eigenvalue weighted by Crippen LogP contribution is -2.85. The molecule has 122 valence electrons. The molecule has 0 saturated heterocycles. The Balaban J connectivity index is 1.54. The highest BCUT2D eigenvalue weighted by molar-refractivity contribution is 6.07. The van der Waals surface area contributed by atoms with Gasteiger partial charge in [-0.2, -0.15) is 0 Å². The van der Waals surface area contributed by atoms with Gasteiger partial charge in [0.2, 0.25) is 0 Å². The standard InChI is InChI=1S/C20H20N2O2/c23-15(12-21-13-16-6-5-11-24-16)14-22-19-9-3-1-7-17(19)18-8-2-4-10-20(18)22/h1-11,15,21,23H,12-14H2/p+1/t15-/m1/s1. The van der Waals surface area contributed by atoms with E-state index in [2.05, 4.69) is 46.3 Å². The molecule has 4 nitrogen and oxygen atoms in total. The van der Waals surface area contributed by atoms with Crippen molar-refractivity contribution in [2.45, 2.75) is 19.2 Å². The van der Waals surface area contributed by atoms with Crippen molar-refractivity contribution in [2.24, 2.45) is 0 Å². The van der Waals surface area contributed by atoms with Crippen LogP contribution in [0.25, 0.3) is 21.8 Å². The van der Waals surface area contributed by atoms with E-state index in [1.54, 1.807) is 6.26 Å². The van der Waals surface area contributed by atoms with E-state index in [-0.39, 0.29) is 0 Å². The topological polar surface area (TPSA) is 54.9 Å². The fraction of sp³-hybridized carbons (Fsp3) is 0.200. The fourth-order valence-electron chi connectivity index (χ4n) is 3.33. The third kappa shape index (κ3) is 2.82. The summed E-state index contributed by atoms with van der Waals surface area (Å²) >= 11 is 0. The maximum atomic E-state index is 10.5. The van der Waals surface area contributed by atoms with Gasteiger partial charge in [-0.05, 0) is 24.3 Å². The third-order valence-corrected chi connectivity index (χ3v) is 4.44. The van der Waals surface area contributed by atoms with Crippen molar-refractivity contribution in [3.63, 3.8) is 0 Å². The molecule has 0 aliphatic heterocycles. The number of nitrogens with two attached hydrogens (primary N) is 1. The number of hydrogen-bond donors (Lipinski definition) is 2. The molecule has 2 heterocycles. The van der Waals surface area contributed by atoms with Crippen molar-refractivity contribution in [2.75, 3.05) is 6.54 Å². The smallest absolute Gasteiger partial charge is 0.157 e. The number of nitrogens with zero attached hydrogens (tertiary/aromatic N) is 1. The predicted octanol–water partition coefficient (Wildman–Crippen LogP) is 2.51. The van der Waals surface area contributed by atoms with Crippen LogP contribution in [0.1, 0.15) is 5.76 Å². The minimum atomic E-state index is -0.417. The second kappa shape index (κ2) is 6.51. The Morgan fingerprint density at radius 3 is 2.21 bits per heavy atom. The average molecular weight is 321 g/mol. The molecule has 2 aromatic heterocycles. The van der Waals surface area contributed by atoms with Crippen molar-refractivity contribution in [1.82, 2.24) is 4.57 Å². The molecule has 2 aromatic carbocycles. The molecule has 0 radical (unpaired) electrons. The molecule has 1 atom stereocenters. The number of quaternary nitrogens is 1. The predicted molar refractivity (Wildman–Crippen MR) is 94.7 cm³/mol. The van der Waals surface area contributed by atoms with Crippen LogP contribution in [0.5, 0.6) is 0 Å². The maximum absolute atomic E-state index is 10.5. The van der Waals surface area contributed by atoms with Crippen LogP contribution in [0.2, 0.25) is 0 Å². The third-order valence-electron chi connectivity index (χ3n) is 4.44. The summed E-state index contributed by atoms with van der Waals surface area (Å²) in [5.41, 5.74) is 2.34. The van der Waals surface area contributed by atoms with Gasteiger partial charge in [0, 0.05) is 21.8 Å². The summed E-state index contributed by atoms with van der Waals surface area (Å²) in [5.74, 6) is 0.930. The van der Waals surface area contributed by atoms with Gasteiger partial charge in [0.15, 0.2) is 5.76 Å². The van der Waals surface area contributed by atoms with E-state index in [0.29, 0.717) is 13.1 Å². The minimum Gasteiger partial charge on any atom is -0.463 e. The fourth-order valence-corrected chi connectivity index (χ4v) is 3.33. The molecule has 0 bridgehead atoms. The molecule has 4 aromatic rings. The molecule has 4 heteroatoms. The highest BCUT2D eigenvalue weighted by Gasteiger charge is 2.14. The van der Waals surface area contributed by atoms with Crippen LogP contribution in [0.15, 0.2) is 71.3 Å². The first-order valence-corrected chi connectivity index (χ1v) is 8.31. The second-order valence-electron chi connectivity index (χ2n) is 6.11. The summed E-state index contributed by atoms with van der Waals surface area (Å²) in [6, 6.07) is 20.6.